The largest absolute Gasteiger partial charge is 0.370 e. The number of carbonyl (C=O) groups is 2. The van der Waals surface area contributed by atoms with Gasteiger partial charge in [0.25, 0.3) is 11.8 Å². The van der Waals surface area contributed by atoms with Crippen molar-refractivity contribution in [3.63, 3.8) is 0 Å². The third kappa shape index (κ3) is 1.92. The Labute approximate surface area is 103 Å². The summed E-state index contributed by atoms with van der Waals surface area (Å²) in [5.41, 5.74) is 7.14. The monoisotopic (exact) mass is 244 g/mol. The van der Waals surface area contributed by atoms with Gasteiger partial charge in [0, 0.05) is 5.69 Å². The van der Waals surface area contributed by atoms with Crippen LogP contribution < -0.4 is 16.4 Å². The van der Waals surface area contributed by atoms with Crippen LogP contribution in [0.4, 0.5) is 5.69 Å². The van der Waals surface area contributed by atoms with Gasteiger partial charge in [-0.15, -0.1) is 0 Å². The minimum Gasteiger partial charge on any atom is -0.370 e. The molecule has 92 valence electrons. The van der Waals surface area contributed by atoms with E-state index in [0.717, 1.165) is 12.8 Å². The Bertz CT molecular complexity index is 575. The molecule has 1 aliphatic carbocycles. The normalized spacial score (nSPS) is 18.6. The van der Waals surface area contributed by atoms with Gasteiger partial charge < -0.3 is 11.1 Å². The lowest BCUT2D eigenvalue weighted by molar-refractivity contribution is 0.0879. The number of imide groups is 1. The number of rotatable bonds is 2. The Hall–Kier alpha value is -2.37. The Morgan fingerprint density at radius 1 is 1.28 bits per heavy atom. The van der Waals surface area contributed by atoms with E-state index in [1.807, 2.05) is 0 Å². The minimum absolute atomic E-state index is 0.330. The van der Waals surface area contributed by atoms with Crippen molar-refractivity contribution < 1.29 is 9.59 Å². The Balaban J connectivity index is 1.84. The molecule has 2 amide bonds. The lowest BCUT2D eigenvalue weighted by Gasteiger charge is -2.06. The van der Waals surface area contributed by atoms with E-state index in [1.165, 1.54) is 0 Å². The van der Waals surface area contributed by atoms with E-state index in [1.54, 1.807) is 18.2 Å². The Kier molecular flexibility index (Phi) is 2.29. The van der Waals surface area contributed by atoms with Crippen molar-refractivity contribution in [3.05, 3.63) is 29.3 Å². The van der Waals surface area contributed by atoms with Crippen molar-refractivity contribution in [2.75, 3.05) is 5.32 Å². The molecule has 6 nitrogen and oxygen atoms in total. The Morgan fingerprint density at radius 2 is 2.00 bits per heavy atom. The maximum atomic E-state index is 11.5. The molecule has 6 heteroatoms. The first-order chi connectivity index (χ1) is 8.63. The van der Waals surface area contributed by atoms with Crippen LogP contribution in [0.1, 0.15) is 33.6 Å². The molecule has 1 aromatic rings. The number of nitrogens with two attached hydrogens (primary N) is 1. The lowest BCUT2D eigenvalue weighted by Crippen LogP contribution is -2.23. The van der Waals surface area contributed by atoms with Gasteiger partial charge in [0.1, 0.15) is 0 Å². The predicted molar refractivity (Wildman–Crippen MR) is 66.5 cm³/mol. The molecule has 1 heterocycles. The molecule has 0 saturated heterocycles. The van der Waals surface area contributed by atoms with Crippen LogP contribution in [0.3, 0.4) is 0 Å². The van der Waals surface area contributed by atoms with Crippen LogP contribution in [-0.4, -0.2) is 23.8 Å². The van der Waals surface area contributed by atoms with Crippen molar-refractivity contribution in [2.45, 2.75) is 18.9 Å². The third-order valence-electron chi connectivity index (χ3n) is 2.88. The standard InChI is InChI=1S/C12H12N4O2/c13-12(14-6-1-2-6)15-7-3-4-8-9(5-7)11(18)16-10(8)17/h3-6H,1-2H2,(H3,13,14,15)(H,16,17,18). The van der Waals surface area contributed by atoms with E-state index in [4.69, 9.17) is 5.73 Å². The van der Waals surface area contributed by atoms with Crippen molar-refractivity contribution in [1.29, 1.82) is 0 Å². The van der Waals surface area contributed by atoms with Gasteiger partial charge in [0.15, 0.2) is 5.96 Å². The molecule has 18 heavy (non-hydrogen) atoms. The summed E-state index contributed by atoms with van der Waals surface area (Å²) in [6.07, 6.45) is 2.15. The van der Waals surface area contributed by atoms with Crippen molar-refractivity contribution >= 4 is 23.5 Å². The Morgan fingerprint density at radius 3 is 2.72 bits per heavy atom. The highest BCUT2D eigenvalue weighted by Crippen LogP contribution is 2.24. The average Bonchev–Trinajstić information content (AvgIpc) is 3.07. The van der Waals surface area contributed by atoms with Gasteiger partial charge in [0.05, 0.1) is 17.2 Å². The maximum Gasteiger partial charge on any atom is 0.259 e. The summed E-state index contributed by atoms with van der Waals surface area (Å²) < 4.78 is 0. The molecular formula is C12H12N4O2. The van der Waals surface area contributed by atoms with Gasteiger partial charge in [-0.1, -0.05) is 0 Å². The zero-order valence-corrected chi connectivity index (χ0v) is 9.56. The van der Waals surface area contributed by atoms with Gasteiger partial charge in [-0.05, 0) is 31.0 Å². The first kappa shape index (κ1) is 10.8. The number of carbonyl (C=O) groups excluding carboxylic acids is 2. The molecule has 2 aliphatic rings. The number of nitrogens with one attached hydrogen (secondary N) is 2. The minimum atomic E-state index is -0.378. The SMILES string of the molecule is NC(=NC1CC1)Nc1ccc2c(c1)C(=O)NC2=O. The number of aliphatic imine (C=N–C) groups is 1. The van der Waals surface area contributed by atoms with E-state index in [9.17, 15) is 9.59 Å². The first-order valence-electron chi connectivity index (χ1n) is 5.73. The number of benzene rings is 1. The van der Waals surface area contributed by atoms with Gasteiger partial charge in [-0.2, -0.15) is 0 Å². The van der Waals surface area contributed by atoms with Crippen LogP contribution in [0.2, 0.25) is 0 Å². The molecule has 0 aromatic heterocycles. The zero-order chi connectivity index (χ0) is 12.7. The van der Waals surface area contributed by atoms with Crippen molar-refractivity contribution in [1.82, 2.24) is 5.32 Å². The number of hydrogen-bond acceptors (Lipinski definition) is 3. The number of anilines is 1. The lowest BCUT2D eigenvalue weighted by atomic mass is 10.1. The second kappa shape index (κ2) is 3.83. The van der Waals surface area contributed by atoms with Crippen LogP contribution in [0, 0.1) is 0 Å². The second-order valence-electron chi connectivity index (χ2n) is 4.41. The third-order valence-corrected chi connectivity index (χ3v) is 2.88. The fourth-order valence-corrected chi connectivity index (χ4v) is 1.83. The fourth-order valence-electron chi connectivity index (χ4n) is 1.83. The molecule has 0 bridgehead atoms. The molecule has 4 N–H and O–H groups in total. The van der Waals surface area contributed by atoms with Gasteiger partial charge in [-0.3, -0.25) is 14.9 Å². The number of hydrogen-bond donors (Lipinski definition) is 3. The molecular weight excluding hydrogens is 232 g/mol. The highest BCUT2D eigenvalue weighted by Gasteiger charge is 2.26. The number of guanidine groups is 1. The highest BCUT2D eigenvalue weighted by atomic mass is 16.2. The molecule has 0 spiro atoms. The highest BCUT2D eigenvalue weighted by molar-refractivity contribution is 6.22. The van der Waals surface area contributed by atoms with Crippen LogP contribution in [0.25, 0.3) is 0 Å². The topological polar surface area (TPSA) is 96.6 Å². The zero-order valence-electron chi connectivity index (χ0n) is 9.56. The number of amides is 2. The molecule has 1 aromatic carbocycles. The van der Waals surface area contributed by atoms with Crippen LogP contribution in [0.5, 0.6) is 0 Å². The molecule has 3 rings (SSSR count). The molecule has 1 fully saturated rings. The van der Waals surface area contributed by atoms with E-state index in [-0.39, 0.29) is 11.8 Å². The van der Waals surface area contributed by atoms with E-state index < -0.39 is 0 Å². The van der Waals surface area contributed by atoms with Crippen LogP contribution >= 0.6 is 0 Å². The summed E-state index contributed by atoms with van der Waals surface area (Å²) in [4.78, 5) is 27.1. The van der Waals surface area contributed by atoms with E-state index >= 15 is 0 Å². The quantitative estimate of drug-likeness (QED) is 0.400. The molecule has 1 saturated carbocycles. The smallest absolute Gasteiger partial charge is 0.259 e. The van der Waals surface area contributed by atoms with Gasteiger partial charge in [0.2, 0.25) is 0 Å². The van der Waals surface area contributed by atoms with Crippen LogP contribution in [0.15, 0.2) is 23.2 Å². The van der Waals surface area contributed by atoms with Crippen LogP contribution in [-0.2, 0) is 0 Å². The molecule has 1 aliphatic heterocycles. The van der Waals surface area contributed by atoms with E-state index in [0.29, 0.717) is 28.8 Å². The van der Waals surface area contributed by atoms with Crippen molar-refractivity contribution in [2.24, 2.45) is 10.7 Å². The number of fused-ring (bicyclic) bond motifs is 1. The average molecular weight is 244 g/mol. The van der Waals surface area contributed by atoms with Gasteiger partial charge >= 0.3 is 0 Å². The summed E-state index contributed by atoms with van der Waals surface area (Å²) >= 11 is 0. The summed E-state index contributed by atoms with van der Waals surface area (Å²) in [6, 6.07) is 5.23. The predicted octanol–water partition coefficient (Wildman–Crippen LogP) is 0.459. The summed E-state index contributed by atoms with van der Waals surface area (Å²) in [7, 11) is 0. The second-order valence-corrected chi connectivity index (χ2v) is 4.41. The summed E-state index contributed by atoms with van der Waals surface area (Å²) in [5.74, 6) is -0.403. The summed E-state index contributed by atoms with van der Waals surface area (Å²) in [6.45, 7) is 0. The van der Waals surface area contributed by atoms with Gasteiger partial charge in [-0.25, -0.2) is 4.99 Å². The fraction of sp³-hybridized carbons (Fsp3) is 0.250. The number of nitrogens with zero attached hydrogens (tertiary/aromatic N) is 1. The van der Waals surface area contributed by atoms with E-state index in [2.05, 4.69) is 15.6 Å². The van der Waals surface area contributed by atoms with Crippen molar-refractivity contribution in [3.8, 4) is 0 Å². The first-order valence-corrected chi connectivity index (χ1v) is 5.73. The molecule has 0 unspecified atom stereocenters. The molecule has 0 radical (unpaired) electrons. The summed E-state index contributed by atoms with van der Waals surface area (Å²) in [5, 5.41) is 5.15. The molecule has 0 atom stereocenters. The maximum absolute atomic E-state index is 11.5.